The highest BCUT2D eigenvalue weighted by atomic mass is 32.2. The van der Waals surface area contributed by atoms with Gasteiger partial charge in [0.1, 0.15) is 11.1 Å². The molecule has 0 aliphatic rings. The minimum atomic E-state index is -0.494. The minimum Gasteiger partial charge on any atom is -0.368 e. The quantitative estimate of drug-likeness (QED) is 0.681. The number of benzene rings is 1. The van der Waals surface area contributed by atoms with Crippen LogP contribution in [0, 0.1) is 0 Å². The van der Waals surface area contributed by atoms with Crippen LogP contribution in [0.1, 0.15) is 21.5 Å². The first-order valence-electron chi connectivity index (χ1n) is 6.67. The van der Waals surface area contributed by atoms with Gasteiger partial charge in [-0.3, -0.25) is 9.89 Å². The fourth-order valence-electron chi connectivity index (χ4n) is 2.01. The van der Waals surface area contributed by atoms with Crippen LogP contribution in [-0.2, 0) is 11.2 Å². The molecule has 1 amide bonds. The van der Waals surface area contributed by atoms with Crippen molar-refractivity contribution in [2.24, 2.45) is 5.73 Å². The minimum absolute atomic E-state index is 0.402. The summed E-state index contributed by atoms with van der Waals surface area (Å²) in [5.41, 5.74) is 6.36. The fraction of sp³-hybridized carbons (Fsp3) is 0.133. The van der Waals surface area contributed by atoms with Crippen LogP contribution >= 0.6 is 23.1 Å². The average molecular weight is 330 g/mol. The van der Waals surface area contributed by atoms with E-state index in [4.69, 9.17) is 5.73 Å². The van der Waals surface area contributed by atoms with Crippen LogP contribution in [0.15, 0.2) is 53.0 Å². The molecule has 0 radical (unpaired) electrons. The molecular formula is C15H14N4OS2. The summed E-state index contributed by atoms with van der Waals surface area (Å²) in [7, 11) is 0. The number of H-pyrrole nitrogens is 1. The first-order valence-corrected chi connectivity index (χ1v) is 8.43. The molecule has 22 heavy (non-hydrogen) atoms. The molecule has 0 aliphatic carbocycles. The number of thiophene rings is 1. The number of rotatable bonds is 6. The number of thioether (sulfide) groups is 1. The van der Waals surface area contributed by atoms with Crippen LogP contribution in [0.3, 0.4) is 0 Å². The normalized spacial score (nSPS) is 12.2. The lowest BCUT2D eigenvalue weighted by Crippen LogP contribution is -2.19. The van der Waals surface area contributed by atoms with E-state index in [9.17, 15) is 4.79 Å². The molecule has 112 valence electrons. The Balaban J connectivity index is 1.74. The SMILES string of the molecule is NC(=O)[C@H](Sc1n[nH]c(Cc2cccs2)n1)c1ccccc1. The van der Waals surface area contributed by atoms with Gasteiger partial charge in [-0.15, -0.1) is 16.4 Å². The predicted octanol–water partition coefficient (Wildman–Crippen LogP) is 2.78. The third-order valence-corrected chi connectivity index (χ3v) is 5.03. The van der Waals surface area contributed by atoms with E-state index >= 15 is 0 Å². The predicted molar refractivity (Wildman–Crippen MR) is 87.7 cm³/mol. The fourth-order valence-corrected chi connectivity index (χ4v) is 3.60. The summed E-state index contributed by atoms with van der Waals surface area (Å²) >= 11 is 2.93. The van der Waals surface area contributed by atoms with Gasteiger partial charge in [-0.05, 0) is 17.0 Å². The maximum absolute atomic E-state index is 11.7. The van der Waals surface area contributed by atoms with Crippen molar-refractivity contribution in [1.82, 2.24) is 15.2 Å². The van der Waals surface area contributed by atoms with E-state index in [1.54, 1.807) is 11.3 Å². The number of primary amides is 1. The molecule has 0 unspecified atom stereocenters. The monoisotopic (exact) mass is 330 g/mol. The Morgan fingerprint density at radius 3 is 2.77 bits per heavy atom. The lowest BCUT2D eigenvalue weighted by molar-refractivity contribution is -0.117. The van der Waals surface area contributed by atoms with E-state index in [0.29, 0.717) is 11.6 Å². The standard InChI is InChI=1S/C15H14N4OS2/c16-14(20)13(10-5-2-1-3-6-10)22-15-17-12(18-19-15)9-11-7-4-8-21-11/h1-8,13H,9H2,(H2,16,20)(H,17,18,19)/t13-/m1/s1. The molecule has 0 bridgehead atoms. The van der Waals surface area contributed by atoms with Gasteiger partial charge in [-0.1, -0.05) is 48.2 Å². The van der Waals surface area contributed by atoms with Gasteiger partial charge in [0.05, 0.1) is 0 Å². The molecular weight excluding hydrogens is 316 g/mol. The summed E-state index contributed by atoms with van der Waals surface area (Å²) in [5.74, 6) is 0.377. The summed E-state index contributed by atoms with van der Waals surface area (Å²) < 4.78 is 0. The Labute approximate surface area is 136 Å². The second-order valence-corrected chi connectivity index (χ2v) is 6.74. The van der Waals surface area contributed by atoms with E-state index < -0.39 is 11.2 Å². The summed E-state index contributed by atoms with van der Waals surface area (Å²) in [4.78, 5) is 17.3. The van der Waals surface area contributed by atoms with Crippen LogP contribution in [0.5, 0.6) is 0 Å². The van der Waals surface area contributed by atoms with Crippen molar-refractivity contribution in [1.29, 1.82) is 0 Å². The van der Waals surface area contributed by atoms with Crippen LogP contribution < -0.4 is 5.73 Å². The van der Waals surface area contributed by atoms with Crippen molar-refractivity contribution in [3.63, 3.8) is 0 Å². The van der Waals surface area contributed by atoms with Gasteiger partial charge in [0, 0.05) is 11.3 Å². The van der Waals surface area contributed by atoms with Gasteiger partial charge >= 0.3 is 0 Å². The number of amides is 1. The van der Waals surface area contributed by atoms with Crippen LogP contribution in [0.25, 0.3) is 0 Å². The molecule has 0 saturated heterocycles. The highest BCUT2D eigenvalue weighted by Crippen LogP contribution is 2.32. The van der Waals surface area contributed by atoms with Crippen molar-refractivity contribution in [2.75, 3.05) is 0 Å². The Morgan fingerprint density at radius 1 is 1.27 bits per heavy atom. The van der Waals surface area contributed by atoms with Crippen LogP contribution in [-0.4, -0.2) is 21.1 Å². The summed E-state index contributed by atoms with van der Waals surface area (Å²) in [6, 6.07) is 13.5. The molecule has 2 heterocycles. The molecule has 0 fully saturated rings. The molecule has 3 aromatic rings. The van der Waals surface area contributed by atoms with E-state index in [2.05, 4.69) is 21.2 Å². The van der Waals surface area contributed by atoms with Gasteiger partial charge in [-0.2, -0.15) is 0 Å². The Morgan fingerprint density at radius 2 is 2.09 bits per heavy atom. The van der Waals surface area contributed by atoms with Crippen molar-refractivity contribution in [2.45, 2.75) is 16.8 Å². The number of carbonyl (C=O) groups is 1. The molecule has 0 spiro atoms. The molecule has 3 N–H and O–H groups in total. The number of nitrogens with zero attached hydrogens (tertiary/aromatic N) is 2. The van der Waals surface area contributed by atoms with Gasteiger partial charge in [0.2, 0.25) is 11.1 Å². The molecule has 7 heteroatoms. The lowest BCUT2D eigenvalue weighted by Gasteiger charge is -2.10. The number of hydrogen-bond donors (Lipinski definition) is 2. The van der Waals surface area contributed by atoms with Gasteiger partial charge in [-0.25, -0.2) is 4.98 Å². The number of nitrogens with two attached hydrogens (primary N) is 1. The van der Waals surface area contributed by atoms with E-state index in [0.717, 1.165) is 11.4 Å². The first kappa shape index (κ1) is 14.8. The van der Waals surface area contributed by atoms with Gasteiger partial charge < -0.3 is 5.73 Å². The van der Waals surface area contributed by atoms with Crippen molar-refractivity contribution in [3.05, 3.63) is 64.1 Å². The molecule has 0 aliphatic heterocycles. The second-order valence-electron chi connectivity index (χ2n) is 4.63. The maximum atomic E-state index is 11.7. The first-order chi connectivity index (χ1) is 10.7. The molecule has 0 saturated carbocycles. The van der Waals surface area contributed by atoms with E-state index in [1.807, 2.05) is 41.8 Å². The molecule has 5 nitrogen and oxygen atoms in total. The van der Waals surface area contributed by atoms with Gasteiger partial charge in [0.15, 0.2) is 0 Å². The second kappa shape index (κ2) is 6.76. The summed E-state index contributed by atoms with van der Waals surface area (Å²) in [5, 5.41) is 9.14. The zero-order valence-electron chi connectivity index (χ0n) is 11.6. The van der Waals surface area contributed by atoms with E-state index in [-0.39, 0.29) is 0 Å². The summed E-state index contributed by atoms with van der Waals surface area (Å²) in [6.07, 6.45) is 0.706. The number of aromatic nitrogens is 3. The zero-order chi connectivity index (χ0) is 15.4. The number of carbonyl (C=O) groups excluding carboxylic acids is 1. The Hall–Kier alpha value is -2.12. The van der Waals surface area contributed by atoms with Crippen molar-refractivity contribution in [3.8, 4) is 0 Å². The Kier molecular flexibility index (Phi) is 4.55. The molecule has 1 aromatic carbocycles. The van der Waals surface area contributed by atoms with Crippen LogP contribution in [0.4, 0.5) is 0 Å². The van der Waals surface area contributed by atoms with Crippen LogP contribution in [0.2, 0.25) is 0 Å². The number of aromatic amines is 1. The topological polar surface area (TPSA) is 84.7 Å². The average Bonchev–Trinajstić information content (AvgIpc) is 3.18. The third kappa shape index (κ3) is 3.55. The van der Waals surface area contributed by atoms with Gasteiger partial charge in [0.25, 0.3) is 0 Å². The highest BCUT2D eigenvalue weighted by molar-refractivity contribution is 8.00. The number of hydrogen-bond acceptors (Lipinski definition) is 5. The maximum Gasteiger partial charge on any atom is 0.235 e. The number of nitrogens with one attached hydrogen (secondary N) is 1. The smallest absolute Gasteiger partial charge is 0.235 e. The Bertz CT molecular complexity index is 740. The molecule has 2 aromatic heterocycles. The molecule has 1 atom stereocenters. The third-order valence-electron chi connectivity index (χ3n) is 3.02. The summed E-state index contributed by atoms with van der Waals surface area (Å²) in [6.45, 7) is 0. The highest BCUT2D eigenvalue weighted by Gasteiger charge is 2.21. The zero-order valence-corrected chi connectivity index (χ0v) is 13.2. The molecule has 3 rings (SSSR count). The van der Waals surface area contributed by atoms with Crippen molar-refractivity contribution < 1.29 is 4.79 Å². The largest absolute Gasteiger partial charge is 0.368 e. The van der Waals surface area contributed by atoms with E-state index in [1.165, 1.54) is 16.6 Å². The lowest BCUT2D eigenvalue weighted by atomic mass is 10.1. The van der Waals surface area contributed by atoms with Crippen molar-refractivity contribution >= 4 is 29.0 Å².